The van der Waals surface area contributed by atoms with Crippen molar-refractivity contribution in [3.05, 3.63) is 59.1 Å². The zero-order valence-corrected chi connectivity index (χ0v) is 14.7. The average Bonchev–Trinajstić information content (AvgIpc) is 2.58. The van der Waals surface area contributed by atoms with E-state index in [1.165, 1.54) is 5.56 Å². The van der Waals surface area contributed by atoms with Crippen LogP contribution in [0.1, 0.15) is 18.9 Å². The van der Waals surface area contributed by atoms with Gasteiger partial charge in [0.25, 0.3) is 5.91 Å². The Bertz CT molecular complexity index is 658. The molecule has 0 fully saturated rings. The topological polar surface area (TPSA) is 47.6 Å². The van der Waals surface area contributed by atoms with Crippen LogP contribution in [0.3, 0.4) is 0 Å². The van der Waals surface area contributed by atoms with Gasteiger partial charge < -0.3 is 14.8 Å². The molecule has 0 aliphatic rings. The number of rotatable bonds is 8. The lowest BCUT2D eigenvalue weighted by Crippen LogP contribution is -2.39. The van der Waals surface area contributed by atoms with Crippen molar-refractivity contribution in [2.24, 2.45) is 0 Å². The Kier molecular flexibility index (Phi) is 6.94. The normalized spacial score (nSPS) is 11.6. The van der Waals surface area contributed by atoms with E-state index in [1.54, 1.807) is 24.3 Å². The Hall–Kier alpha value is -2.20. The molecule has 4 nitrogen and oxygen atoms in total. The number of benzene rings is 2. The molecule has 2 aromatic carbocycles. The average molecular weight is 348 g/mol. The predicted octanol–water partition coefficient (Wildman–Crippen LogP) is 4.00. The Morgan fingerprint density at radius 3 is 2.58 bits per heavy atom. The van der Waals surface area contributed by atoms with Gasteiger partial charge in [0, 0.05) is 5.02 Å². The SMILES string of the molecule is CC[C@@H](Oc1cccc(Cl)c1)C(=O)NCCOc1ccc(C)cc1. The molecule has 0 heterocycles. The molecule has 1 N–H and O–H groups in total. The molecule has 1 atom stereocenters. The summed E-state index contributed by atoms with van der Waals surface area (Å²) in [6.45, 7) is 4.75. The molecule has 1 amide bonds. The first-order valence-electron chi connectivity index (χ1n) is 7.98. The molecule has 0 radical (unpaired) electrons. The molecule has 0 aromatic heterocycles. The molecule has 0 saturated carbocycles. The number of halogens is 1. The van der Waals surface area contributed by atoms with Gasteiger partial charge in [-0.05, 0) is 43.7 Å². The molecule has 2 rings (SSSR count). The summed E-state index contributed by atoms with van der Waals surface area (Å²) < 4.78 is 11.3. The van der Waals surface area contributed by atoms with E-state index in [4.69, 9.17) is 21.1 Å². The van der Waals surface area contributed by atoms with Gasteiger partial charge >= 0.3 is 0 Å². The van der Waals surface area contributed by atoms with E-state index < -0.39 is 6.10 Å². The lowest BCUT2D eigenvalue weighted by Gasteiger charge is -2.17. The Morgan fingerprint density at radius 2 is 1.92 bits per heavy atom. The van der Waals surface area contributed by atoms with Crippen LogP contribution in [0.25, 0.3) is 0 Å². The highest BCUT2D eigenvalue weighted by atomic mass is 35.5. The second-order valence-electron chi connectivity index (χ2n) is 5.42. The van der Waals surface area contributed by atoms with E-state index in [-0.39, 0.29) is 5.91 Å². The van der Waals surface area contributed by atoms with Crippen molar-refractivity contribution >= 4 is 17.5 Å². The first kappa shape index (κ1) is 18.1. The van der Waals surface area contributed by atoms with Gasteiger partial charge in [0.1, 0.15) is 18.1 Å². The van der Waals surface area contributed by atoms with Gasteiger partial charge in [-0.25, -0.2) is 0 Å². The van der Waals surface area contributed by atoms with E-state index in [1.807, 2.05) is 38.1 Å². The summed E-state index contributed by atoms with van der Waals surface area (Å²) in [5.74, 6) is 1.21. The fraction of sp³-hybridized carbons (Fsp3) is 0.316. The predicted molar refractivity (Wildman–Crippen MR) is 95.8 cm³/mol. The number of hydrogen-bond donors (Lipinski definition) is 1. The van der Waals surface area contributed by atoms with Crippen LogP contribution in [0, 0.1) is 6.92 Å². The van der Waals surface area contributed by atoms with Gasteiger partial charge in [0.2, 0.25) is 0 Å². The summed E-state index contributed by atoms with van der Waals surface area (Å²) in [7, 11) is 0. The van der Waals surface area contributed by atoms with Crippen LogP contribution >= 0.6 is 11.6 Å². The monoisotopic (exact) mass is 347 g/mol. The molecule has 0 bridgehead atoms. The van der Waals surface area contributed by atoms with Gasteiger partial charge in [-0.3, -0.25) is 4.79 Å². The summed E-state index contributed by atoms with van der Waals surface area (Å²) in [5.41, 5.74) is 1.18. The number of amides is 1. The maximum atomic E-state index is 12.2. The number of hydrogen-bond acceptors (Lipinski definition) is 3. The van der Waals surface area contributed by atoms with E-state index in [2.05, 4.69) is 5.32 Å². The second kappa shape index (κ2) is 9.18. The van der Waals surface area contributed by atoms with Crippen LogP contribution in [-0.2, 0) is 4.79 Å². The first-order chi connectivity index (χ1) is 11.6. The van der Waals surface area contributed by atoms with Gasteiger partial charge in [-0.1, -0.05) is 42.3 Å². The van der Waals surface area contributed by atoms with Crippen molar-refractivity contribution in [1.29, 1.82) is 0 Å². The quantitative estimate of drug-likeness (QED) is 0.734. The van der Waals surface area contributed by atoms with E-state index >= 15 is 0 Å². The third kappa shape index (κ3) is 5.78. The van der Waals surface area contributed by atoms with Crippen molar-refractivity contribution < 1.29 is 14.3 Å². The summed E-state index contributed by atoms with van der Waals surface area (Å²) in [6, 6.07) is 14.8. The molecule has 0 spiro atoms. The van der Waals surface area contributed by atoms with Crippen molar-refractivity contribution in [3.63, 3.8) is 0 Å². The Morgan fingerprint density at radius 1 is 1.17 bits per heavy atom. The van der Waals surface area contributed by atoms with Gasteiger partial charge in [0.15, 0.2) is 6.10 Å². The second-order valence-corrected chi connectivity index (χ2v) is 5.86. The van der Waals surface area contributed by atoms with E-state index in [9.17, 15) is 4.79 Å². The molecule has 128 valence electrons. The zero-order valence-electron chi connectivity index (χ0n) is 13.9. The first-order valence-corrected chi connectivity index (χ1v) is 8.35. The molecule has 0 unspecified atom stereocenters. The van der Waals surface area contributed by atoms with E-state index in [0.717, 1.165) is 5.75 Å². The molecular weight excluding hydrogens is 326 g/mol. The van der Waals surface area contributed by atoms with Crippen molar-refractivity contribution in [2.75, 3.05) is 13.2 Å². The largest absolute Gasteiger partial charge is 0.492 e. The fourth-order valence-corrected chi connectivity index (χ4v) is 2.30. The zero-order chi connectivity index (χ0) is 17.4. The third-order valence-corrected chi connectivity index (χ3v) is 3.66. The van der Waals surface area contributed by atoms with Crippen molar-refractivity contribution in [1.82, 2.24) is 5.32 Å². The highest BCUT2D eigenvalue weighted by molar-refractivity contribution is 6.30. The molecule has 5 heteroatoms. The summed E-state index contributed by atoms with van der Waals surface area (Å²) in [6.07, 6.45) is 0.0137. The van der Waals surface area contributed by atoms with Crippen LogP contribution in [0.2, 0.25) is 5.02 Å². The van der Waals surface area contributed by atoms with Gasteiger partial charge in [0.05, 0.1) is 6.54 Å². The maximum Gasteiger partial charge on any atom is 0.261 e. The molecule has 0 saturated heterocycles. The van der Waals surface area contributed by atoms with Gasteiger partial charge in [-0.15, -0.1) is 0 Å². The highest BCUT2D eigenvalue weighted by Crippen LogP contribution is 2.19. The van der Waals surface area contributed by atoms with Crippen LogP contribution < -0.4 is 14.8 Å². The van der Waals surface area contributed by atoms with Crippen molar-refractivity contribution in [3.8, 4) is 11.5 Å². The Labute approximate surface area is 147 Å². The van der Waals surface area contributed by atoms with Crippen LogP contribution in [0.5, 0.6) is 11.5 Å². The standard InChI is InChI=1S/C19H22ClNO3/c1-3-18(24-17-6-4-5-15(20)13-17)19(22)21-11-12-23-16-9-7-14(2)8-10-16/h4-10,13,18H,3,11-12H2,1-2H3,(H,21,22)/t18-/m1/s1. The Balaban J connectivity index is 1.76. The summed E-state index contributed by atoms with van der Waals surface area (Å²) in [5, 5.41) is 3.41. The summed E-state index contributed by atoms with van der Waals surface area (Å²) >= 11 is 5.92. The van der Waals surface area contributed by atoms with Crippen LogP contribution in [-0.4, -0.2) is 25.2 Å². The van der Waals surface area contributed by atoms with Crippen LogP contribution in [0.15, 0.2) is 48.5 Å². The highest BCUT2D eigenvalue weighted by Gasteiger charge is 2.17. The van der Waals surface area contributed by atoms with Crippen molar-refractivity contribution in [2.45, 2.75) is 26.4 Å². The molecular formula is C19H22ClNO3. The molecule has 2 aromatic rings. The number of ether oxygens (including phenoxy) is 2. The smallest absolute Gasteiger partial charge is 0.261 e. The minimum absolute atomic E-state index is 0.162. The third-order valence-electron chi connectivity index (χ3n) is 3.43. The lowest BCUT2D eigenvalue weighted by molar-refractivity contribution is -0.128. The number of carbonyl (C=O) groups excluding carboxylic acids is 1. The minimum atomic E-state index is -0.553. The maximum absolute atomic E-state index is 12.2. The number of carbonyl (C=O) groups is 1. The molecule has 24 heavy (non-hydrogen) atoms. The minimum Gasteiger partial charge on any atom is -0.492 e. The molecule has 0 aliphatic heterocycles. The van der Waals surface area contributed by atoms with Gasteiger partial charge in [-0.2, -0.15) is 0 Å². The fourth-order valence-electron chi connectivity index (χ4n) is 2.12. The lowest BCUT2D eigenvalue weighted by atomic mass is 10.2. The van der Waals surface area contributed by atoms with Crippen LogP contribution in [0.4, 0.5) is 0 Å². The summed E-state index contributed by atoms with van der Waals surface area (Å²) in [4.78, 5) is 12.2. The number of nitrogens with one attached hydrogen (secondary N) is 1. The van der Waals surface area contributed by atoms with E-state index in [0.29, 0.717) is 30.3 Å². The number of aryl methyl sites for hydroxylation is 1. The molecule has 0 aliphatic carbocycles.